The van der Waals surface area contributed by atoms with Crippen molar-refractivity contribution in [3.8, 4) is 5.75 Å². The van der Waals surface area contributed by atoms with Gasteiger partial charge in [-0.25, -0.2) is 9.97 Å². The number of anilines is 3. The van der Waals surface area contributed by atoms with Crippen LogP contribution in [-0.4, -0.2) is 90.2 Å². The van der Waals surface area contributed by atoms with Gasteiger partial charge in [0, 0.05) is 39.3 Å². The molecular formula is C29H30ClF3N10O4. The Morgan fingerprint density at radius 2 is 1.79 bits per heavy atom. The van der Waals surface area contributed by atoms with E-state index in [9.17, 15) is 32.7 Å². The molecule has 0 saturated carbocycles. The normalized spacial score (nSPS) is 15.2. The van der Waals surface area contributed by atoms with Crippen LogP contribution in [0.2, 0.25) is 5.02 Å². The molecule has 0 unspecified atom stereocenters. The summed E-state index contributed by atoms with van der Waals surface area (Å²) in [4.78, 5) is 58.2. The lowest BCUT2D eigenvalue weighted by molar-refractivity contribution is -0.137. The first-order valence-corrected chi connectivity index (χ1v) is 15.2. The van der Waals surface area contributed by atoms with Crippen molar-refractivity contribution in [3.63, 3.8) is 0 Å². The number of nitrogens with one attached hydrogen (secondary N) is 1. The van der Waals surface area contributed by atoms with E-state index in [0.29, 0.717) is 31.2 Å². The SMILES string of the molecule is CCc1c(N2CCN(C(=O)c3ncnc(C)c3O)CC2)c(=O)n2nc(N3CCC3)nc2n1CC(=O)Nc1ccc(C(F)(F)F)cc1Cl. The highest BCUT2D eigenvalue weighted by molar-refractivity contribution is 6.33. The van der Waals surface area contributed by atoms with Gasteiger partial charge >= 0.3 is 6.18 Å². The van der Waals surface area contributed by atoms with Crippen LogP contribution < -0.4 is 20.7 Å². The molecule has 0 atom stereocenters. The van der Waals surface area contributed by atoms with Crippen LogP contribution >= 0.6 is 11.6 Å². The van der Waals surface area contributed by atoms with Crippen LogP contribution in [0.3, 0.4) is 0 Å². The number of piperazine rings is 1. The number of aromatic nitrogens is 6. The number of fused-ring (bicyclic) bond motifs is 1. The number of benzene rings is 1. The minimum atomic E-state index is -4.60. The summed E-state index contributed by atoms with van der Waals surface area (Å²) in [5.41, 5.74) is -0.456. The molecule has 248 valence electrons. The number of aryl methyl sites for hydroxylation is 1. The van der Waals surface area contributed by atoms with E-state index in [2.05, 4.69) is 25.4 Å². The van der Waals surface area contributed by atoms with E-state index in [-0.39, 0.29) is 72.0 Å². The van der Waals surface area contributed by atoms with Crippen molar-refractivity contribution in [2.24, 2.45) is 0 Å². The van der Waals surface area contributed by atoms with Gasteiger partial charge in [0.15, 0.2) is 11.4 Å². The molecule has 0 aliphatic carbocycles. The fourth-order valence-corrected chi connectivity index (χ4v) is 5.83. The van der Waals surface area contributed by atoms with Gasteiger partial charge < -0.3 is 29.7 Å². The maximum Gasteiger partial charge on any atom is 0.416 e. The van der Waals surface area contributed by atoms with Gasteiger partial charge in [-0.05, 0) is 38.0 Å². The Kier molecular flexibility index (Phi) is 8.42. The molecule has 1 aromatic carbocycles. The summed E-state index contributed by atoms with van der Waals surface area (Å²) < 4.78 is 42.1. The Morgan fingerprint density at radius 3 is 2.40 bits per heavy atom. The van der Waals surface area contributed by atoms with Crippen LogP contribution in [0.15, 0.2) is 29.3 Å². The lowest BCUT2D eigenvalue weighted by atomic mass is 10.2. The average molecular weight is 675 g/mol. The fraction of sp³-hybridized carbons (Fsp3) is 0.414. The van der Waals surface area contributed by atoms with Crippen LogP contribution in [0, 0.1) is 6.92 Å². The Morgan fingerprint density at radius 1 is 1.06 bits per heavy atom. The summed E-state index contributed by atoms with van der Waals surface area (Å²) in [5, 5.41) is 17.1. The zero-order chi connectivity index (χ0) is 33.6. The van der Waals surface area contributed by atoms with Gasteiger partial charge in [-0.2, -0.15) is 22.7 Å². The topological polar surface area (TPSA) is 154 Å². The molecule has 6 rings (SSSR count). The molecule has 0 radical (unpaired) electrons. The Bertz CT molecular complexity index is 1930. The summed E-state index contributed by atoms with van der Waals surface area (Å²) in [6.45, 7) is 5.40. The molecule has 2 aliphatic rings. The predicted molar refractivity (Wildman–Crippen MR) is 165 cm³/mol. The minimum absolute atomic E-state index is 0.00607. The van der Waals surface area contributed by atoms with Crippen LogP contribution in [0.25, 0.3) is 5.78 Å². The number of nitrogens with zero attached hydrogens (tertiary/aromatic N) is 9. The van der Waals surface area contributed by atoms with Crippen LogP contribution in [0.5, 0.6) is 5.75 Å². The number of carbonyl (C=O) groups is 2. The number of aromatic hydroxyl groups is 1. The van der Waals surface area contributed by atoms with Gasteiger partial charge in [0.05, 0.1) is 27.7 Å². The number of amides is 2. The second-order valence-electron chi connectivity index (χ2n) is 11.2. The van der Waals surface area contributed by atoms with E-state index >= 15 is 0 Å². The van der Waals surface area contributed by atoms with Gasteiger partial charge in [0.1, 0.15) is 18.6 Å². The Hall–Kier alpha value is -4.93. The van der Waals surface area contributed by atoms with Gasteiger partial charge in [-0.15, -0.1) is 5.10 Å². The van der Waals surface area contributed by atoms with Crippen molar-refractivity contribution in [1.29, 1.82) is 0 Å². The van der Waals surface area contributed by atoms with Crippen molar-refractivity contribution in [1.82, 2.24) is 34.0 Å². The summed E-state index contributed by atoms with van der Waals surface area (Å²) in [6, 6.07) is 2.64. The standard InChI is InChI=1S/C29H30ClF3N10O4/c1-3-20-23(39-9-11-40(12-10-39)25(46)22-24(45)16(2)34-15-35-22)26(47)43-28(37-27(38-43)41-7-4-8-41)42(20)14-21(44)36-19-6-5-17(13-18(19)30)29(31,32)33/h5-6,13,15,45H,3-4,7-12,14H2,1-2H3,(H,36,44). The maximum absolute atomic E-state index is 14.0. The van der Waals surface area contributed by atoms with E-state index < -0.39 is 29.1 Å². The molecule has 18 heteroatoms. The first-order chi connectivity index (χ1) is 22.4. The van der Waals surface area contributed by atoms with Crippen LogP contribution in [-0.2, 0) is 23.9 Å². The third-order valence-electron chi connectivity index (χ3n) is 8.25. The average Bonchev–Trinajstić information content (AvgIpc) is 3.44. The van der Waals surface area contributed by atoms with E-state index in [1.54, 1.807) is 11.5 Å². The van der Waals surface area contributed by atoms with Crippen LogP contribution in [0.1, 0.15) is 40.8 Å². The number of hydrogen-bond donors (Lipinski definition) is 2. The van der Waals surface area contributed by atoms with Gasteiger partial charge in [-0.1, -0.05) is 18.5 Å². The summed E-state index contributed by atoms with van der Waals surface area (Å²) in [6.07, 6.45) is -2.14. The maximum atomic E-state index is 14.0. The summed E-state index contributed by atoms with van der Waals surface area (Å²) in [7, 11) is 0. The highest BCUT2D eigenvalue weighted by atomic mass is 35.5. The molecule has 0 bridgehead atoms. The predicted octanol–water partition coefficient (Wildman–Crippen LogP) is 2.74. The fourth-order valence-electron chi connectivity index (χ4n) is 5.60. The lowest BCUT2D eigenvalue weighted by Gasteiger charge is -2.36. The van der Waals surface area contributed by atoms with E-state index in [1.165, 1.54) is 11.2 Å². The molecule has 2 N–H and O–H groups in total. The lowest BCUT2D eigenvalue weighted by Crippen LogP contribution is -2.51. The molecule has 5 heterocycles. The molecule has 2 saturated heterocycles. The molecule has 14 nitrogen and oxygen atoms in total. The largest absolute Gasteiger partial charge is 0.504 e. The number of halogens is 4. The molecule has 47 heavy (non-hydrogen) atoms. The molecular weight excluding hydrogens is 645 g/mol. The monoisotopic (exact) mass is 674 g/mol. The van der Waals surface area contributed by atoms with E-state index in [1.807, 2.05) is 16.7 Å². The molecule has 2 aliphatic heterocycles. The van der Waals surface area contributed by atoms with E-state index in [4.69, 9.17) is 11.6 Å². The number of hydrogen-bond acceptors (Lipinski definition) is 10. The molecule has 2 amide bonds. The number of rotatable bonds is 7. The summed E-state index contributed by atoms with van der Waals surface area (Å²) >= 11 is 6.08. The number of carbonyl (C=O) groups excluding carboxylic acids is 2. The molecule has 0 spiro atoms. The first-order valence-electron chi connectivity index (χ1n) is 14.9. The van der Waals surface area contributed by atoms with Crippen molar-refractivity contribution in [2.45, 2.75) is 39.4 Å². The van der Waals surface area contributed by atoms with Gasteiger partial charge in [-0.3, -0.25) is 14.4 Å². The number of alkyl halides is 3. The van der Waals surface area contributed by atoms with Crippen LogP contribution in [0.4, 0.5) is 30.5 Å². The van der Waals surface area contributed by atoms with Crippen molar-refractivity contribution in [2.75, 3.05) is 54.4 Å². The Balaban J connectivity index is 1.32. The highest BCUT2D eigenvalue weighted by Crippen LogP contribution is 2.34. The molecule has 4 aromatic rings. The third-order valence-corrected chi connectivity index (χ3v) is 8.56. The third kappa shape index (κ3) is 6.02. The van der Waals surface area contributed by atoms with Crippen molar-refractivity contribution < 1.29 is 27.9 Å². The molecule has 2 fully saturated rings. The Labute approximate surface area is 270 Å². The smallest absolute Gasteiger partial charge is 0.416 e. The zero-order valence-electron chi connectivity index (χ0n) is 25.4. The second-order valence-corrected chi connectivity index (χ2v) is 11.6. The molecule has 3 aromatic heterocycles. The summed E-state index contributed by atoms with van der Waals surface area (Å²) in [5.74, 6) is -0.897. The van der Waals surface area contributed by atoms with Gasteiger partial charge in [0.2, 0.25) is 17.6 Å². The quantitative estimate of drug-likeness (QED) is 0.299. The zero-order valence-corrected chi connectivity index (χ0v) is 26.1. The minimum Gasteiger partial charge on any atom is -0.504 e. The van der Waals surface area contributed by atoms with Crippen molar-refractivity contribution >= 4 is 46.5 Å². The highest BCUT2D eigenvalue weighted by Gasteiger charge is 2.33. The van der Waals surface area contributed by atoms with Gasteiger partial charge in [0.25, 0.3) is 11.5 Å². The van der Waals surface area contributed by atoms with E-state index in [0.717, 1.165) is 29.1 Å². The van der Waals surface area contributed by atoms with Crippen molar-refractivity contribution in [3.05, 3.63) is 62.5 Å². The first kappa shape index (κ1) is 32.0. The second kappa shape index (κ2) is 12.4.